The molecule has 0 amide bonds. The first-order chi connectivity index (χ1) is 10.2. The fourth-order valence-electron chi connectivity index (χ4n) is 2.88. The molecular formula is C20H28N2. The van der Waals surface area contributed by atoms with Crippen LogP contribution in [0.25, 0.3) is 0 Å². The lowest BCUT2D eigenvalue weighted by atomic mass is 9.81. The van der Waals surface area contributed by atoms with Crippen molar-refractivity contribution in [1.82, 2.24) is 9.97 Å². The van der Waals surface area contributed by atoms with Crippen LogP contribution in [0.15, 0.2) is 42.7 Å². The van der Waals surface area contributed by atoms with E-state index >= 15 is 0 Å². The Balaban J connectivity index is 2.07. The zero-order valence-corrected chi connectivity index (χ0v) is 14.6. The van der Waals surface area contributed by atoms with Gasteiger partial charge in [-0.05, 0) is 53.9 Å². The van der Waals surface area contributed by atoms with Crippen molar-refractivity contribution in [2.24, 2.45) is 10.8 Å². The molecule has 0 aliphatic heterocycles. The van der Waals surface area contributed by atoms with Crippen LogP contribution in [-0.2, 0) is 19.3 Å². The molecule has 0 saturated heterocycles. The lowest BCUT2D eigenvalue weighted by molar-refractivity contribution is 0.355. The van der Waals surface area contributed by atoms with E-state index in [2.05, 4.69) is 63.9 Å². The van der Waals surface area contributed by atoms with Crippen LogP contribution in [0.2, 0.25) is 0 Å². The molecule has 118 valence electrons. The van der Waals surface area contributed by atoms with E-state index in [9.17, 15) is 0 Å². The van der Waals surface area contributed by atoms with Gasteiger partial charge in [-0.25, -0.2) is 0 Å². The Morgan fingerprint density at radius 3 is 2.09 bits per heavy atom. The highest BCUT2D eigenvalue weighted by molar-refractivity contribution is 5.16. The summed E-state index contributed by atoms with van der Waals surface area (Å²) in [6.07, 6.45) is 6.81. The summed E-state index contributed by atoms with van der Waals surface area (Å²) in [6, 6.07) is 10.6. The molecule has 0 aliphatic carbocycles. The van der Waals surface area contributed by atoms with Gasteiger partial charge >= 0.3 is 0 Å². The van der Waals surface area contributed by atoms with Crippen LogP contribution >= 0.6 is 0 Å². The third-order valence-electron chi connectivity index (χ3n) is 3.64. The minimum atomic E-state index is 0.177. The molecular weight excluding hydrogens is 268 g/mol. The average molecular weight is 296 g/mol. The molecule has 0 saturated carbocycles. The number of pyridine rings is 2. The molecule has 22 heavy (non-hydrogen) atoms. The summed E-state index contributed by atoms with van der Waals surface area (Å²) in [5.41, 5.74) is 4.13. The van der Waals surface area contributed by atoms with E-state index < -0.39 is 0 Å². The highest BCUT2D eigenvalue weighted by Crippen LogP contribution is 2.26. The van der Waals surface area contributed by atoms with Crippen LogP contribution < -0.4 is 0 Å². The summed E-state index contributed by atoms with van der Waals surface area (Å²) in [6.45, 7) is 11.4. The second kappa shape index (κ2) is 6.60. The Morgan fingerprint density at radius 1 is 0.818 bits per heavy atom. The first-order valence-corrected chi connectivity index (χ1v) is 8.07. The molecule has 0 spiro atoms. The van der Waals surface area contributed by atoms with Crippen LogP contribution in [0.1, 0.15) is 51.6 Å². The van der Waals surface area contributed by atoms with E-state index in [4.69, 9.17) is 4.98 Å². The summed E-state index contributed by atoms with van der Waals surface area (Å²) < 4.78 is 0. The molecule has 2 aromatic heterocycles. The van der Waals surface area contributed by atoms with Crippen LogP contribution in [0.4, 0.5) is 0 Å². The summed E-state index contributed by atoms with van der Waals surface area (Å²) in [7, 11) is 0. The molecule has 0 atom stereocenters. The van der Waals surface area contributed by atoms with Gasteiger partial charge < -0.3 is 0 Å². The van der Waals surface area contributed by atoms with E-state index in [0.717, 1.165) is 19.3 Å². The summed E-state index contributed by atoms with van der Waals surface area (Å²) >= 11 is 0. The average Bonchev–Trinajstić information content (AvgIpc) is 2.36. The minimum Gasteiger partial charge on any atom is -0.264 e. The predicted octanol–water partition coefficient (Wildman–Crippen LogP) is 4.88. The zero-order valence-electron chi connectivity index (χ0n) is 14.6. The van der Waals surface area contributed by atoms with Crippen molar-refractivity contribution in [3.05, 3.63) is 59.7 Å². The molecule has 0 unspecified atom stereocenters. The summed E-state index contributed by atoms with van der Waals surface area (Å²) in [5.74, 6) is 0. The first-order valence-electron chi connectivity index (χ1n) is 8.07. The molecule has 2 heterocycles. The van der Waals surface area contributed by atoms with Gasteiger partial charge in [0.1, 0.15) is 0 Å². The SMILES string of the molecule is CC(C)(C)Cc1cccc(CC(C)(C)Cc2cccnc2)n1. The van der Waals surface area contributed by atoms with E-state index in [1.807, 2.05) is 18.5 Å². The van der Waals surface area contributed by atoms with Crippen LogP contribution in [0, 0.1) is 10.8 Å². The molecule has 0 aliphatic rings. The fourth-order valence-corrected chi connectivity index (χ4v) is 2.88. The molecule has 0 N–H and O–H groups in total. The second-order valence-corrected chi connectivity index (χ2v) is 8.24. The van der Waals surface area contributed by atoms with E-state index in [0.29, 0.717) is 0 Å². The van der Waals surface area contributed by atoms with Gasteiger partial charge in [-0.3, -0.25) is 9.97 Å². The maximum atomic E-state index is 4.87. The number of nitrogens with zero attached hydrogens (tertiary/aromatic N) is 2. The van der Waals surface area contributed by atoms with Crippen LogP contribution in [0.3, 0.4) is 0 Å². The number of aromatic nitrogens is 2. The molecule has 2 rings (SSSR count). The Labute approximate surface area is 135 Å². The van der Waals surface area contributed by atoms with E-state index in [1.54, 1.807) is 0 Å². The first kappa shape index (κ1) is 16.7. The molecule has 0 radical (unpaired) electrons. The molecule has 2 aromatic rings. The van der Waals surface area contributed by atoms with Gasteiger partial charge in [0.05, 0.1) is 0 Å². The monoisotopic (exact) mass is 296 g/mol. The number of rotatable bonds is 5. The van der Waals surface area contributed by atoms with E-state index in [1.165, 1.54) is 17.0 Å². The smallest absolute Gasteiger partial charge is 0.0412 e. The van der Waals surface area contributed by atoms with Gasteiger partial charge in [0.25, 0.3) is 0 Å². The van der Waals surface area contributed by atoms with Crippen LogP contribution in [-0.4, -0.2) is 9.97 Å². The van der Waals surface area contributed by atoms with Crippen molar-refractivity contribution in [1.29, 1.82) is 0 Å². The van der Waals surface area contributed by atoms with Crippen molar-refractivity contribution in [3.8, 4) is 0 Å². The quantitative estimate of drug-likeness (QED) is 0.786. The van der Waals surface area contributed by atoms with Crippen molar-refractivity contribution < 1.29 is 0 Å². The van der Waals surface area contributed by atoms with Gasteiger partial charge in [0.2, 0.25) is 0 Å². The highest BCUT2D eigenvalue weighted by atomic mass is 14.7. The van der Waals surface area contributed by atoms with Crippen molar-refractivity contribution >= 4 is 0 Å². The lowest BCUT2D eigenvalue weighted by Crippen LogP contribution is -2.20. The molecule has 0 aromatic carbocycles. The van der Waals surface area contributed by atoms with Crippen molar-refractivity contribution in [3.63, 3.8) is 0 Å². The molecule has 0 bridgehead atoms. The largest absolute Gasteiger partial charge is 0.264 e. The van der Waals surface area contributed by atoms with Crippen molar-refractivity contribution in [2.75, 3.05) is 0 Å². The van der Waals surface area contributed by atoms with Gasteiger partial charge in [-0.2, -0.15) is 0 Å². The maximum absolute atomic E-state index is 4.87. The molecule has 0 fully saturated rings. The fraction of sp³-hybridized carbons (Fsp3) is 0.500. The third kappa shape index (κ3) is 5.59. The van der Waals surface area contributed by atoms with Gasteiger partial charge in [-0.15, -0.1) is 0 Å². The van der Waals surface area contributed by atoms with Gasteiger partial charge in [0.15, 0.2) is 0 Å². The number of hydrogen-bond donors (Lipinski definition) is 0. The Kier molecular flexibility index (Phi) is 5.00. The predicted molar refractivity (Wildman–Crippen MR) is 92.8 cm³/mol. The normalized spacial score (nSPS) is 12.4. The number of hydrogen-bond acceptors (Lipinski definition) is 2. The van der Waals surface area contributed by atoms with Crippen molar-refractivity contribution in [2.45, 2.75) is 53.9 Å². The zero-order chi connectivity index (χ0) is 16.2. The topological polar surface area (TPSA) is 25.8 Å². The third-order valence-corrected chi connectivity index (χ3v) is 3.64. The summed E-state index contributed by atoms with van der Waals surface area (Å²) in [5, 5.41) is 0. The minimum absolute atomic E-state index is 0.177. The standard InChI is InChI=1S/C20H28N2/c1-19(2,3)13-17-9-6-10-18(22-17)14-20(4,5)12-16-8-7-11-21-15-16/h6-11,15H,12-14H2,1-5H3. The van der Waals surface area contributed by atoms with Gasteiger partial charge in [-0.1, -0.05) is 46.8 Å². The Morgan fingerprint density at radius 2 is 1.50 bits per heavy atom. The van der Waals surface area contributed by atoms with E-state index in [-0.39, 0.29) is 10.8 Å². The lowest BCUT2D eigenvalue weighted by Gasteiger charge is -2.25. The summed E-state index contributed by atoms with van der Waals surface area (Å²) in [4.78, 5) is 9.08. The molecule has 2 heteroatoms. The Hall–Kier alpha value is -1.70. The van der Waals surface area contributed by atoms with Gasteiger partial charge in [0, 0.05) is 23.8 Å². The molecule has 2 nitrogen and oxygen atoms in total. The highest BCUT2D eigenvalue weighted by Gasteiger charge is 2.21. The Bertz CT molecular complexity index is 595. The van der Waals surface area contributed by atoms with Crippen LogP contribution in [0.5, 0.6) is 0 Å². The second-order valence-electron chi connectivity index (χ2n) is 8.24. The maximum Gasteiger partial charge on any atom is 0.0412 e.